The Kier molecular flexibility index (Phi) is 9.95. The average Bonchev–Trinajstić information content (AvgIpc) is 2.87. The van der Waals surface area contributed by atoms with E-state index in [4.69, 9.17) is 4.74 Å². The van der Waals surface area contributed by atoms with Gasteiger partial charge in [-0.2, -0.15) is 0 Å². The van der Waals surface area contributed by atoms with E-state index in [9.17, 15) is 14.7 Å². The Bertz CT molecular complexity index is 448. The van der Waals surface area contributed by atoms with E-state index in [0.717, 1.165) is 44.9 Å². The number of carbonyl (C=O) groups excluding carboxylic acids is 2. The number of amides is 1. The maximum Gasteiger partial charge on any atom is 0.410 e. The molecule has 0 radical (unpaired) electrons. The highest BCUT2D eigenvalue weighted by molar-refractivity contribution is 5.70. The van der Waals surface area contributed by atoms with Crippen molar-refractivity contribution in [2.75, 3.05) is 20.3 Å². The second-order valence-corrected chi connectivity index (χ2v) is 8.06. The number of methoxy groups -OCH3 is 1. The molecule has 1 aliphatic carbocycles. The predicted molar refractivity (Wildman–Crippen MR) is 103 cm³/mol. The third kappa shape index (κ3) is 7.68. The summed E-state index contributed by atoms with van der Waals surface area (Å²) >= 11 is 0. The summed E-state index contributed by atoms with van der Waals surface area (Å²) in [6.07, 6.45) is 12.6. The second kappa shape index (κ2) is 12.2. The number of esters is 1. The molecule has 2 aliphatic rings. The number of carbonyl (C=O) groups is 2. The zero-order valence-electron chi connectivity index (χ0n) is 16.9. The molecule has 1 N–H and O–H groups in total. The lowest BCUT2D eigenvalue weighted by atomic mass is 9.92. The molecule has 6 heteroatoms. The minimum atomic E-state index is -0.310. The summed E-state index contributed by atoms with van der Waals surface area (Å²) in [6.45, 7) is 1.05. The Labute approximate surface area is 163 Å². The van der Waals surface area contributed by atoms with Crippen molar-refractivity contribution in [3.8, 4) is 0 Å². The van der Waals surface area contributed by atoms with Gasteiger partial charge in [0.1, 0.15) is 6.61 Å². The first kappa shape index (κ1) is 22.0. The monoisotopic (exact) mass is 383 g/mol. The number of hydrogen-bond donors (Lipinski definition) is 1. The van der Waals surface area contributed by atoms with Crippen LogP contribution in [0.25, 0.3) is 0 Å². The summed E-state index contributed by atoms with van der Waals surface area (Å²) in [5.41, 5.74) is 0. The van der Waals surface area contributed by atoms with Crippen LogP contribution in [0.1, 0.15) is 83.5 Å². The van der Waals surface area contributed by atoms with Gasteiger partial charge in [0.25, 0.3) is 0 Å². The number of rotatable bonds is 11. The standard InChI is InChI=1S/C21H37NO5/c1-26-20(24)13-9-5-4-8-12-18-16-27-21(25)22(18)15-14-19(23)17-10-6-2-3-7-11-17/h17-19,23H,2-16H2,1H3. The van der Waals surface area contributed by atoms with Crippen molar-refractivity contribution in [2.24, 2.45) is 5.92 Å². The molecule has 2 fully saturated rings. The highest BCUT2D eigenvalue weighted by atomic mass is 16.6. The summed E-state index contributed by atoms with van der Waals surface area (Å²) in [7, 11) is 1.42. The van der Waals surface area contributed by atoms with E-state index in [1.807, 2.05) is 4.90 Å². The van der Waals surface area contributed by atoms with Crippen molar-refractivity contribution in [3.63, 3.8) is 0 Å². The Morgan fingerprint density at radius 1 is 1.19 bits per heavy atom. The van der Waals surface area contributed by atoms with E-state index in [1.165, 1.54) is 32.8 Å². The summed E-state index contributed by atoms with van der Waals surface area (Å²) < 4.78 is 9.88. The minimum Gasteiger partial charge on any atom is -0.469 e. The summed E-state index contributed by atoms with van der Waals surface area (Å²) in [5, 5.41) is 10.6. The van der Waals surface area contributed by atoms with E-state index in [0.29, 0.717) is 31.9 Å². The molecule has 1 saturated heterocycles. The fourth-order valence-corrected chi connectivity index (χ4v) is 4.31. The molecule has 2 rings (SSSR count). The third-order valence-electron chi connectivity index (χ3n) is 6.08. The molecule has 1 aliphatic heterocycles. The largest absolute Gasteiger partial charge is 0.469 e. The molecular weight excluding hydrogens is 346 g/mol. The molecule has 2 atom stereocenters. The average molecular weight is 384 g/mol. The quantitative estimate of drug-likeness (QED) is 0.331. The molecule has 0 aromatic rings. The zero-order valence-corrected chi connectivity index (χ0v) is 16.9. The first-order valence-electron chi connectivity index (χ1n) is 10.8. The van der Waals surface area contributed by atoms with Crippen LogP contribution in [0.3, 0.4) is 0 Å². The van der Waals surface area contributed by atoms with Crippen LogP contribution in [0.5, 0.6) is 0 Å². The fraction of sp³-hybridized carbons (Fsp3) is 0.905. The number of hydrogen-bond acceptors (Lipinski definition) is 5. The van der Waals surface area contributed by atoms with Crippen molar-refractivity contribution >= 4 is 12.1 Å². The van der Waals surface area contributed by atoms with E-state index < -0.39 is 0 Å². The maximum absolute atomic E-state index is 12.0. The van der Waals surface area contributed by atoms with Crippen LogP contribution in [0, 0.1) is 5.92 Å². The fourth-order valence-electron chi connectivity index (χ4n) is 4.31. The van der Waals surface area contributed by atoms with Gasteiger partial charge in [0.05, 0.1) is 19.3 Å². The van der Waals surface area contributed by atoms with Gasteiger partial charge in [0.2, 0.25) is 0 Å². The zero-order chi connectivity index (χ0) is 19.5. The summed E-state index contributed by atoms with van der Waals surface area (Å²) in [4.78, 5) is 24.9. The predicted octanol–water partition coefficient (Wildman–Crippen LogP) is 4.04. The summed E-state index contributed by atoms with van der Waals surface area (Å²) in [5.74, 6) is 0.238. The van der Waals surface area contributed by atoms with Crippen molar-refractivity contribution in [1.29, 1.82) is 0 Å². The molecule has 156 valence electrons. The van der Waals surface area contributed by atoms with Gasteiger partial charge in [-0.25, -0.2) is 4.79 Å². The van der Waals surface area contributed by atoms with Gasteiger partial charge in [-0.15, -0.1) is 0 Å². The van der Waals surface area contributed by atoms with Gasteiger partial charge in [-0.3, -0.25) is 4.79 Å². The number of aliphatic hydroxyl groups is 1. The Morgan fingerprint density at radius 3 is 2.59 bits per heavy atom. The van der Waals surface area contributed by atoms with Crippen LogP contribution in [-0.2, 0) is 14.3 Å². The molecule has 0 aromatic carbocycles. The smallest absolute Gasteiger partial charge is 0.410 e. The topological polar surface area (TPSA) is 76.1 Å². The van der Waals surface area contributed by atoms with E-state index in [1.54, 1.807) is 0 Å². The molecule has 0 bridgehead atoms. The lowest BCUT2D eigenvalue weighted by Crippen LogP contribution is -2.36. The molecule has 0 spiro atoms. The number of nitrogens with zero attached hydrogens (tertiary/aromatic N) is 1. The molecule has 1 saturated carbocycles. The van der Waals surface area contributed by atoms with Crippen LogP contribution in [-0.4, -0.2) is 54.5 Å². The van der Waals surface area contributed by atoms with E-state index in [-0.39, 0.29) is 24.2 Å². The van der Waals surface area contributed by atoms with Crippen molar-refractivity contribution < 1.29 is 24.2 Å². The molecule has 6 nitrogen and oxygen atoms in total. The van der Waals surface area contributed by atoms with Gasteiger partial charge in [-0.05, 0) is 38.0 Å². The van der Waals surface area contributed by atoms with Crippen LogP contribution >= 0.6 is 0 Å². The molecule has 0 aromatic heterocycles. The van der Waals surface area contributed by atoms with Crippen LogP contribution in [0.4, 0.5) is 4.79 Å². The Balaban J connectivity index is 1.65. The van der Waals surface area contributed by atoms with Crippen molar-refractivity contribution in [1.82, 2.24) is 4.90 Å². The first-order chi connectivity index (χ1) is 13.1. The molecule has 1 heterocycles. The van der Waals surface area contributed by atoms with Gasteiger partial charge in [-0.1, -0.05) is 44.9 Å². The minimum absolute atomic E-state index is 0.124. The maximum atomic E-state index is 12.0. The highest BCUT2D eigenvalue weighted by Gasteiger charge is 2.33. The van der Waals surface area contributed by atoms with Gasteiger partial charge >= 0.3 is 12.1 Å². The Hall–Kier alpha value is -1.30. The number of ether oxygens (including phenoxy) is 2. The van der Waals surface area contributed by atoms with Crippen molar-refractivity contribution in [2.45, 2.75) is 95.6 Å². The molecular formula is C21H37NO5. The van der Waals surface area contributed by atoms with Gasteiger partial charge < -0.3 is 19.5 Å². The first-order valence-corrected chi connectivity index (χ1v) is 10.8. The lowest BCUT2D eigenvalue weighted by Gasteiger charge is -2.26. The second-order valence-electron chi connectivity index (χ2n) is 8.06. The van der Waals surface area contributed by atoms with E-state index in [2.05, 4.69) is 4.74 Å². The van der Waals surface area contributed by atoms with Crippen LogP contribution in [0.2, 0.25) is 0 Å². The lowest BCUT2D eigenvalue weighted by molar-refractivity contribution is -0.140. The highest BCUT2D eigenvalue weighted by Crippen LogP contribution is 2.28. The molecule has 2 unspecified atom stereocenters. The summed E-state index contributed by atoms with van der Waals surface area (Å²) in [6, 6.07) is 0.124. The number of aliphatic hydroxyl groups excluding tert-OH is 1. The van der Waals surface area contributed by atoms with Crippen LogP contribution < -0.4 is 0 Å². The number of unbranched alkanes of at least 4 members (excludes halogenated alkanes) is 3. The SMILES string of the molecule is COC(=O)CCCCCCC1COC(=O)N1CCC(O)C1CCCCCC1. The number of cyclic esters (lactones) is 1. The normalized spacial score (nSPS) is 22.4. The Morgan fingerprint density at radius 2 is 1.89 bits per heavy atom. The third-order valence-corrected chi connectivity index (χ3v) is 6.08. The van der Waals surface area contributed by atoms with Crippen molar-refractivity contribution in [3.05, 3.63) is 0 Å². The van der Waals surface area contributed by atoms with Gasteiger partial charge in [0, 0.05) is 13.0 Å². The molecule has 27 heavy (non-hydrogen) atoms. The molecule has 1 amide bonds. The van der Waals surface area contributed by atoms with E-state index >= 15 is 0 Å². The van der Waals surface area contributed by atoms with Crippen LogP contribution in [0.15, 0.2) is 0 Å². The van der Waals surface area contributed by atoms with Gasteiger partial charge in [0.15, 0.2) is 0 Å².